The Morgan fingerprint density at radius 3 is 2.43 bits per heavy atom. The third kappa shape index (κ3) is 4.36. The van der Waals surface area contributed by atoms with Crippen LogP contribution < -0.4 is 0 Å². The molecule has 0 aliphatic heterocycles. The third-order valence-corrected chi connectivity index (χ3v) is 5.67. The predicted octanol–water partition coefficient (Wildman–Crippen LogP) is 5.07. The van der Waals surface area contributed by atoms with Gasteiger partial charge in [-0.3, -0.25) is 4.79 Å². The Kier molecular flexibility index (Phi) is 5.95. The molecular formula is C25H30O5. The lowest BCUT2D eigenvalue weighted by Crippen LogP contribution is -2.35. The normalized spacial score (nSPS) is 19.1. The summed E-state index contributed by atoms with van der Waals surface area (Å²) in [5.74, 6) is -0.930. The molecule has 1 unspecified atom stereocenters. The molecule has 0 spiro atoms. The maximum atomic E-state index is 12.5. The summed E-state index contributed by atoms with van der Waals surface area (Å²) in [6.45, 7) is 7.70. The van der Waals surface area contributed by atoms with Crippen molar-refractivity contribution in [3.05, 3.63) is 52.1 Å². The predicted molar refractivity (Wildman–Crippen MR) is 118 cm³/mol. The van der Waals surface area contributed by atoms with Gasteiger partial charge in [0.1, 0.15) is 17.2 Å². The first-order valence-corrected chi connectivity index (χ1v) is 10.3. The van der Waals surface area contributed by atoms with Gasteiger partial charge in [-0.15, -0.1) is 0 Å². The van der Waals surface area contributed by atoms with Crippen molar-refractivity contribution in [3.63, 3.8) is 0 Å². The highest BCUT2D eigenvalue weighted by Crippen LogP contribution is 2.45. The van der Waals surface area contributed by atoms with Crippen molar-refractivity contribution in [2.75, 3.05) is 0 Å². The molecule has 5 heteroatoms. The quantitative estimate of drug-likeness (QED) is 0.516. The Labute approximate surface area is 177 Å². The highest BCUT2D eigenvalue weighted by molar-refractivity contribution is 6.09. The van der Waals surface area contributed by atoms with Gasteiger partial charge in [-0.1, -0.05) is 23.3 Å². The minimum atomic E-state index is -1.18. The summed E-state index contributed by atoms with van der Waals surface area (Å²) in [7, 11) is 0. The second-order valence-corrected chi connectivity index (χ2v) is 8.93. The zero-order valence-corrected chi connectivity index (χ0v) is 18.0. The molecule has 5 nitrogen and oxygen atoms in total. The fraction of sp³-hybridized carbons (Fsp3) is 0.400. The second kappa shape index (κ2) is 8.15. The van der Waals surface area contributed by atoms with Gasteiger partial charge >= 0.3 is 0 Å². The summed E-state index contributed by atoms with van der Waals surface area (Å²) in [6, 6.07) is 3.14. The number of phenols is 3. The SMILES string of the molecule is CC(C)=CCC/C(C)=C/Cc1c(O)cc2cc3c(c(O)c2c1O)C(=O)CC(C)(O)C3. The Balaban J connectivity index is 2.02. The molecule has 1 aliphatic rings. The lowest BCUT2D eigenvalue weighted by atomic mass is 9.79. The Hall–Kier alpha value is -2.79. The van der Waals surface area contributed by atoms with E-state index < -0.39 is 5.60 Å². The van der Waals surface area contributed by atoms with E-state index in [4.69, 9.17) is 0 Å². The van der Waals surface area contributed by atoms with Gasteiger partial charge in [-0.2, -0.15) is 0 Å². The molecule has 0 fully saturated rings. The fourth-order valence-electron chi connectivity index (χ4n) is 4.14. The van der Waals surface area contributed by atoms with Crippen molar-refractivity contribution in [1.29, 1.82) is 0 Å². The van der Waals surface area contributed by atoms with Crippen molar-refractivity contribution in [2.45, 2.75) is 65.4 Å². The Bertz CT molecular complexity index is 1070. The fourth-order valence-corrected chi connectivity index (χ4v) is 4.14. The molecular weight excluding hydrogens is 380 g/mol. The first-order chi connectivity index (χ1) is 14.0. The smallest absolute Gasteiger partial charge is 0.169 e. The van der Waals surface area contributed by atoms with Crippen LogP contribution in [0, 0.1) is 0 Å². The van der Waals surface area contributed by atoms with Gasteiger partial charge in [-0.25, -0.2) is 0 Å². The van der Waals surface area contributed by atoms with Gasteiger partial charge in [0.25, 0.3) is 0 Å². The largest absolute Gasteiger partial charge is 0.507 e. The van der Waals surface area contributed by atoms with Gasteiger partial charge in [-0.05, 0) is 70.0 Å². The molecule has 0 bridgehead atoms. The van der Waals surface area contributed by atoms with Gasteiger partial charge in [0, 0.05) is 18.4 Å². The van der Waals surface area contributed by atoms with E-state index in [1.165, 1.54) is 11.6 Å². The average molecular weight is 411 g/mol. The monoisotopic (exact) mass is 410 g/mol. The number of phenolic OH excluding ortho intramolecular Hbond substituents is 3. The van der Waals surface area contributed by atoms with Crippen LogP contribution in [-0.2, 0) is 12.8 Å². The summed E-state index contributed by atoms with van der Waals surface area (Å²) in [6.07, 6.45) is 6.38. The molecule has 2 aromatic carbocycles. The zero-order chi connectivity index (χ0) is 22.2. The molecule has 0 saturated carbocycles. The number of hydrogen-bond donors (Lipinski definition) is 4. The first-order valence-electron chi connectivity index (χ1n) is 10.3. The van der Waals surface area contributed by atoms with E-state index in [2.05, 4.69) is 19.9 Å². The van der Waals surface area contributed by atoms with Crippen molar-refractivity contribution < 1.29 is 25.2 Å². The number of hydrogen-bond acceptors (Lipinski definition) is 5. The molecule has 4 N–H and O–H groups in total. The molecule has 1 atom stereocenters. The van der Waals surface area contributed by atoms with Crippen LogP contribution in [0.25, 0.3) is 10.8 Å². The van der Waals surface area contributed by atoms with Gasteiger partial charge < -0.3 is 20.4 Å². The number of rotatable bonds is 5. The molecule has 2 aromatic rings. The molecule has 0 saturated heterocycles. The zero-order valence-electron chi connectivity index (χ0n) is 18.0. The number of carbonyl (C=O) groups is 1. The number of carbonyl (C=O) groups excluding carboxylic acids is 1. The van der Waals surface area contributed by atoms with Crippen LogP contribution in [0.4, 0.5) is 0 Å². The molecule has 160 valence electrons. The summed E-state index contributed by atoms with van der Waals surface area (Å²) >= 11 is 0. The van der Waals surface area contributed by atoms with Crippen LogP contribution in [0.15, 0.2) is 35.4 Å². The summed E-state index contributed by atoms with van der Waals surface area (Å²) in [4.78, 5) is 12.5. The number of benzene rings is 2. The number of ketones is 1. The summed E-state index contributed by atoms with van der Waals surface area (Å²) in [5.41, 5.74) is 2.20. The van der Waals surface area contributed by atoms with E-state index in [-0.39, 0.29) is 46.8 Å². The van der Waals surface area contributed by atoms with E-state index >= 15 is 0 Å². The molecule has 0 radical (unpaired) electrons. The molecule has 0 heterocycles. The Morgan fingerprint density at radius 2 is 1.77 bits per heavy atom. The van der Waals surface area contributed by atoms with Crippen molar-refractivity contribution in [2.24, 2.45) is 0 Å². The number of aromatic hydroxyl groups is 3. The minimum Gasteiger partial charge on any atom is -0.507 e. The maximum absolute atomic E-state index is 12.5. The maximum Gasteiger partial charge on any atom is 0.169 e. The molecule has 0 aromatic heterocycles. The standard InChI is InChI=1S/C25H30O5/c1-14(2)6-5-7-15(3)8-9-18-19(26)11-16-10-17-12-25(4,30)13-20(27)21(17)24(29)22(16)23(18)28/h6,8,10-11,26,28-30H,5,7,9,12-13H2,1-4H3/b15-8+. The highest BCUT2D eigenvalue weighted by Gasteiger charge is 2.36. The lowest BCUT2D eigenvalue weighted by Gasteiger charge is -2.30. The number of fused-ring (bicyclic) bond motifs is 2. The average Bonchev–Trinajstić information content (AvgIpc) is 2.59. The molecule has 0 amide bonds. The van der Waals surface area contributed by atoms with Crippen LogP contribution in [-0.4, -0.2) is 31.8 Å². The van der Waals surface area contributed by atoms with Crippen LogP contribution in [0.1, 0.15) is 68.4 Å². The van der Waals surface area contributed by atoms with Crippen LogP contribution >= 0.6 is 0 Å². The second-order valence-electron chi connectivity index (χ2n) is 8.93. The van der Waals surface area contributed by atoms with Gasteiger partial charge in [0.15, 0.2) is 5.78 Å². The van der Waals surface area contributed by atoms with Gasteiger partial charge in [0.05, 0.1) is 16.6 Å². The van der Waals surface area contributed by atoms with E-state index in [1.54, 1.807) is 13.0 Å². The van der Waals surface area contributed by atoms with Crippen LogP contribution in [0.2, 0.25) is 0 Å². The topological polar surface area (TPSA) is 98.0 Å². The van der Waals surface area contributed by atoms with E-state index in [0.29, 0.717) is 22.9 Å². The van der Waals surface area contributed by atoms with E-state index in [0.717, 1.165) is 18.4 Å². The van der Waals surface area contributed by atoms with Crippen molar-refractivity contribution >= 4 is 16.6 Å². The van der Waals surface area contributed by atoms with Gasteiger partial charge in [0.2, 0.25) is 0 Å². The number of allylic oxidation sites excluding steroid dienone is 4. The third-order valence-electron chi connectivity index (χ3n) is 5.67. The highest BCUT2D eigenvalue weighted by atomic mass is 16.3. The van der Waals surface area contributed by atoms with E-state index in [1.807, 2.05) is 13.0 Å². The first kappa shape index (κ1) is 21.9. The number of Topliss-reactive ketones (excluding diaryl/α,β-unsaturated/α-hetero) is 1. The minimum absolute atomic E-state index is 0.0680. The van der Waals surface area contributed by atoms with Crippen molar-refractivity contribution in [1.82, 2.24) is 0 Å². The lowest BCUT2D eigenvalue weighted by molar-refractivity contribution is 0.0409. The number of aliphatic hydroxyl groups is 1. The van der Waals surface area contributed by atoms with Crippen LogP contribution in [0.5, 0.6) is 17.2 Å². The molecule has 30 heavy (non-hydrogen) atoms. The summed E-state index contributed by atoms with van der Waals surface area (Å²) < 4.78 is 0. The summed E-state index contributed by atoms with van der Waals surface area (Å²) in [5, 5.41) is 43.1. The van der Waals surface area contributed by atoms with Crippen LogP contribution in [0.3, 0.4) is 0 Å². The Morgan fingerprint density at radius 1 is 1.07 bits per heavy atom. The van der Waals surface area contributed by atoms with E-state index in [9.17, 15) is 25.2 Å². The molecule has 1 aliphatic carbocycles. The molecule has 3 rings (SSSR count). The van der Waals surface area contributed by atoms with Crippen molar-refractivity contribution in [3.8, 4) is 17.2 Å².